The standard InChI is InChI=1S/C24H20N4O6S/c1-34-21-12-5-4-11-20(21)28-35(32,33)16-8-6-7-15(13-16)23(30)26-27-24(31)18-14-22(29)25-19-10-3-2-9-17(18)19/h2-14,28H,1H3,(H,25,29)(H,26,30)(H,27,31). The van der Waals surface area contributed by atoms with Crippen LogP contribution in [0.1, 0.15) is 20.7 Å². The number of aromatic nitrogens is 1. The smallest absolute Gasteiger partial charge is 0.270 e. The number of aromatic amines is 1. The number of carbonyl (C=O) groups excluding carboxylic acids is 2. The van der Waals surface area contributed by atoms with Crippen molar-refractivity contribution in [2.45, 2.75) is 4.90 Å². The van der Waals surface area contributed by atoms with Crippen LogP contribution in [0.15, 0.2) is 88.6 Å². The highest BCUT2D eigenvalue weighted by atomic mass is 32.2. The Labute approximate surface area is 200 Å². The van der Waals surface area contributed by atoms with Crippen molar-refractivity contribution in [2.75, 3.05) is 11.8 Å². The molecule has 0 aliphatic rings. The Hall–Kier alpha value is -4.64. The van der Waals surface area contributed by atoms with Crippen molar-refractivity contribution in [3.05, 3.63) is 100 Å². The van der Waals surface area contributed by atoms with Crippen LogP contribution in [0.25, 0.3) is 10.9 Å². The van der Waals surface area contributed by atoms with Crippen LogP contribution in [0.3, 0.4) is 0 Å². The number of methoxy groups -OCH3 is 1. The lowest BCUT2D eigenvalue weighted by Gasteiger charge is -2.13. The van der Waals surface area contributed by atoms with Gasteiger partial charge in [-0.25, -0.2) is 8.42 Å². The van der Waals surface area contributed by atoms with Gasteiger partial charge in [0.15, 0.2) is 0 Å². The molecule has 0 saturated heterocycles. The molecule has 10 nitrogen and oxygen atoms in total. The summed E-state index contributed by atoms with van der Waals surface area (Å²) in [7, 11) is -2.62. The maximum Gasteiger partial charge on any atom is 0.270 e. The fourth-order valence-electron chi connectivity index (χ4n) is 3.38. The number of benzene rings is 3. The number of fused-ring (bicyclic) bond motifs is 1. The molecule has 11 heteroatoms. The van der Waals surface area contributed by atoms with E-state index in [1.54, 1.807) is 48.5 Å². The lowest BCUT2D eigenvalue weighted by atomic mass is 10.1. The van der Waals surface area contributed by atoms with Crippen LogP contribution >= 0.6 is 0 Å². The molecule has 4 aromatic rings. The molecule has 4 rings (SSSR count). The molecule has 3 aromatic carbocycles. The number of nitrogens with one attached hydrogen (secondary N) is 4. The van der Waals surface area contributed by atoms with Gasteiger partial charge < -0.3 is 9.72 Å². The average Bonchev–Trinajstić information content (AvgIpc) is 2.86. The van der Waals surface area contributed by atoms with Crippen molar-refractivity contribution in [3.63, 3.8) is 0 Å². The molecule has 1 heterocycles. The van der Waals surface area contributed by atoms with Gasteiger partial charge >= 0.3 is 0 Å². The van der Waals surface area contributed by atoms with Crippen molar-refractivity contribution in [1.82, 2.24) is 15.8 Å². The van der Waals surface area contributed by atoms with Gasteiger partial charge in [0.1, 0.15) is 5.75 Å². The number of H-pyrrole nitrogens is 1. The van der Waals surface area contributed by atoms with Gasteiger partial charge in [-0.3, -0.25) is 30.0 Å². The number of rotatable bonds is 6. The van der Waals surface area contributed by atoms with E-state index in [2.05, 4.69) is 20.6 Å². The number of pyridine rings is 1. The van der Waals surface area contributed by atoms with Crippen molar-refractivity contribution in [1.29, 1.82) is 0 Å². The molecule has 0 unspecified atom stereocenters. The van der Waals surface area contributed by atoms with Crippen molar-refractivity contribution >= 4 is 38.4 Å². The van der Waals surface area contributed by atoms with Gasteiger partial charge in [0, 0.05) is 22.5 Å². The Kier molecular flexibility index (Phi) is 6.51. The van der Waals surface area contributed by atoms with E-state index in [4.69, 9.17) is 4.74 Å². The lowest BCUT2D eigenvalue weighted by Crippen LogP contribution is -2.42. The third-order valence-electron chi connectivity index (χ3n) is 5.04. The van der Waals surface area contributed by atoms with E-state index in [1.165, 1.54) is 31.4 Å². The summed E-state index contributed by atoms with van der Waals surface area (Å²) in [5.41, 5.74) is 4.80. The van der Waals surface area contributed by atoms with Gasteiger partial charge in [-0.1, -0.05) is 36.4 Å². The summed E-state index contributed by atoms with van der Waals surface area (Å²) >= 11 is 0. The number of hydrazine groups is 1. The molecule has 2 amide bonds. The summed E-state index contributed by atoms with van der Waals surface area (Å²) in [6.45, 7) is 0. The zero-order valence-electron chi connectivity index (χ0n) is 18.4. The van der Waals surface area contributed by atoms with Crippen LogP contribution in [0.5, 0.6) is 5.75 Å². The number of anilines is 1. The van der Waals surface area contributed by atoms with E-state index in [0.29, 0.717) is 16.7 Å². The summed E-state index contributed by atoms with van der Waals surface area (Å²) in [4.78, 5) is 39.6. The number of hydrogen-bond donors (Lipinski definition) is 4. The zero-order valence-corrected chi connectivity index (χ0v) is 19.2. The monoisotopic (exact) mass is 492 g/mol. The van der Waals surface area contributed by atoms with E-state index in [1.807, 2.05) is 0 Å². The molecule has 0 radical (unpaired) electrons. The minimum Gasteiger partial charge on any atom is -0.495 e. The van der Waals surface area contributed by atoms with E-state index in [9.17, 15) is 22.8 Å². The van der Waals surface area contributed by atoms with Gasteiger partial charge in [-0.15, -0.1) is 0 Å². The van der Waals surface area contributed by atoms with E-state index in [-0.39, 0.29) is 21.7 Å². The van der Waals surface area contributed by atoms with Gasteiger partial charge in [-0.05, 0) is 36.4 Å². The molecule has 0 fully saturated rings. The molecule has 0 spiro atoms. The fourth-order valence-corrected chi connectivity index (χ4v) is 4.50. The lowest BCUT2D eigenvalue weighted by molar-refractivity contribution is 0.0847. The minimum absolute atomic E-state index is 0.0102. The molecule has 0 aliphatic heterocycles. The Bertz CT molecular complexity index is 1600. The second kappa shape index (κ2) is 9.69. The number of para-hydroxylation sites is 3. The van der Waals surface area contributed by atoms with E-state index >= 15 is 0 Å². The number of hydrogen-bond acceptors (Lipinski definition) is 6. The largest absolute Gasteiger partial charge is 0.495 e. The average molecular weight is 493 g/mol. The first-order valence-corrected chi connectivity index (χ1v) is 11.8. The molecule has 0 saturated carbocycles. The van der Waals surface area contributed by atoms with E-state index in [0.717, 1.165) is 6.07 Å². The first kappa shape index (κ1) is 23.5. The highest BCUT2D eigenvalue weighted by Crippen LogP contribution is 2.26. The second-order valence-corrected chi connectivity index (χ2v) is 9.02. The number of ether oxygens (including phenoxy) is 1. The van der Waals surface area contributed by atoms with Gasteiger partial charge in [0.05, 0.1) is 23.3 Å². The van der Waals surface area contributed by atoms with Crippen LogP contribution in [0, 0.1) is 0 Å². The molecular formula is C24H20N4O6S. The molecule has 1 aromatic heterocycles. The van der Waals surface area contributed by atoms with Crippen molar-refractivity contribution < 1.29 is 22.7 Å². The molecule has 35 heavy (non-hydrogen) atoms. The van der Waals surface area contributed by atoms with Crippen LogP contribution in [0.4, 0.5) is 5.69 Å². The maximum atomic E-state index is 12.9. The first-order valence-electron chi connectivity index (χ1n) is 10.3. The van der Waals surface area contributed by atoms with Crippen molar-refractivity contribution in [3.8, 4) is 5.75 Å². The summed E-state index contributed by atoms with van der Waals surface area (Å²) in [6, 6.07) is 19.6. The molecule has 4 N–H and O–H groups in total. The van der Waals surface area contributed by atoms with Crippen LogP contribution in [-0.4, -0.2) is 32.3 Å². The fraction of sp³-hybridized carbons (Fsp3) is 0.0417. The summed E-state index contributed by atoms with van der Waals surface area (Å²) in [5, 5.41) is 0.495. The highest BCUT2D eigenvalue weighted by molar-refractivity contribution is 7.92. The van der Waals surface area contributed by atoms with Crippen molar-refractivity contribution in [2.24, 2.45) is 0 Å². The Balaban J connectivity index is 1.51. The predicted molar refractivity (Wildman–Crippen MR) is 130 cm³/mol. The number of sulfonamides is 1. The highest BCUT2D eigenvalue weighted by Gasteiger charge is 2.19. The SMILES string of the molecule is COc1ccccc1NS(=O)(=O)c1cccc(C(=O)NNC(=O)c2cc(=O)[nH]c3ccccc23)c1. The Morgan fingerprint density at radius 2 is 1.57 bits per heavy atom. The topological polar surface area (TPSA) is 146 Å². The molecule has 0 bridgehead atoms. The van der Waals surface area contributed by atoms with Crippen LogP contribution in [0.2, 0.25) is 0 Å². The molecule has 178 valence electrons. The summed E-state index contributed by atoms with van der Waals surface area (Å²) < 4.78 is 33.3. The number of carbonyl (C=O) groups is 2. The molecule has 0 aliphatic carbocycles. The zero-order chi connectivity index (χ0) is 25.0. The Morgan fingerprint density at radius 1 is 0.857 bits per heavy atom. The van der Waals surface area contributed by atoms with Gasteiger partial charge in [0.25, 0.3) is 21.8 Å². The predicted octanol–water partition coefficient (Wildman–Crippen LogP) is 2.41. The minimum atomic E-state index is -4.04. The normalized spacial score (nSPS) is 11.0. The van der Waals surface area contributed by atoms with Crippen LogP contribution in [-0.2, 0) is 10.0 Å². The molecular weight excluding hydrogens is 472 g/mol. The first-order chi connectivity index (χ1) is 16.8. The third-order valence-corrected chi connectivity index (χ3v) is 6.41. The Morgan fingerprint density at radius 3 is 2.37 bits per heavy atom. The summed E-state index contributed by atoms with van der Waals surface area (Å²) in [5.74, 6) is -1.12. The maximum absolute atomic E-state index is 12.9. The van der Waals surface area contributed by atoms with E-state index < -0.39 is 27.4 Å². The summed E-state index contributed by atoms with van der Waals surface area (Å²) in [6.07, 6.45) is 0. The third kappa shape index (κ3) is 5.14. The van der Waals surface area contributed by atoms with Crippen LogP contribution < -0.4 is 25.9 Å². The second-order valence-electron chi connectivity index (χ2n) is 7.33. The van der Waals surface area contributed by atoms with Gasteiger partial charge in [0.2, 0.25) is 5.56 Å². The number of amides is 2. The molecule has 0 atom stereocenters. The quantitative estimate of drug-likeness (QED) is 0.304. The van der Waals surface area contributed by atoms with Gasteiger partial charge in [-0.2, -0.15) is 0 Å².